The van der Waals surface area contributed by atoms with E-state index in [1.165, 1.54) is 33.4 Å². The first-order valence-electron chi connectivity index (χ1n) is 16.3. The molecule has 5 aromatic rings. The van der Waals surface area contributed by atoms with Gasteiger partial charge >= 0.3 is 0 Å². The summed E-state index contributed by atoms with van der Waals surface area (Å²) in [5.74, 6) is 0. The molecular formula is C45H31N3. The molecule has 4 heterocycles. The summed E-state index contributed by atoms with van der Waals surface area (Å²) in [4.78, 5) is 13.8. The van der Waals surface area contributed by atoms with Gasteiger partial charge in [-0.05, 0) is 105 Å². The monoisotopic (exact) mass is 613 g/mol. The molecule has 0 fully saturated rings. The second-order valence-electron chi connectivity index (χ2n) is 12.3. The van der Waals surface area contributed by atoms with Crippen LogP contribution < -0.4 is 10.7 Å². The summed E-state index contributed by atoms with van der Waals surface area (Å²) in [5, 5.41) is 2.00. The first-order chi connectivity index (χ1) is 23.8. The van der Waals surface area contributed by atoms with E-state index in [-0.39, 0.29) is 0 Å². The summed E-state index contributed by atoms with van der Waals surface area (Å²) < 4.78 is 0. The Hall–Kier alpha value is -6.32. The number of allylic oxidation sites excluding steroid dienone is 10. The first-order valence-corrected chi connectivity index (χ1v) is 16.3. The lowest BCUT2D eigenvalue weighted by atomic mass is 9.65. The van der Waals surface area contributed by atoms with Gasteiger partial charge in [0.25, 0.3) is 0 Å². The van der Waals surface area contributed by atoms with Crippen molar-refractivity contribution in [2.75, 3.05) is 0 Å². The highest BCUT2D eigenvalue weighted by Crippen LogP contribution is 2.60. The minimum atomic E-state index is -0.687. The van der Waals surface area contributed by atoms with E-state index >= 15 is 0 Å². The van der Waals surface area contributed by atoms with E-state index in [1.807, 2.05) is 0 Å². The van der Waals surface area contributed by atoms with Crippen LogP contribution in [0.1, 0.15) is 22.3 Å². The highest BCUT2D eigenvalue weighted by Gasteiger charge is 2.48. The van der Waals surface area contributed by atoms with Crippen molar-refractivity contribution in [2.45, 2.75) is 5.41 Å². The zero-order chi connectivity index (χ0) is 31.9. The Labute approximate surface area is 279 Å². The number of aromatic nitrogens is 1. The number of nitrogens with zero attached hydrogens (tertiary/aromatic N) is 2. The number of rotatable bonds is 4. The second-order valence-corrected chi connectivity index (χ2v) is 12.3. The Morgan fingerprint density at radius 2 is 0.792 bits per heavy atom. The number of H-pyrrole nitrogens is 1. The third-order valence-corrected chi connectivity index (χ3v) is 9.42. The first kappa shape index (κ1) is 27.9. The summed E-state index contributed by atoms with van der Waals surface area (Å²) in [6.45, 7) is 0. The highest BCUT2D eigenvalue weighted by molar-refractivity contribution is 6.20. The maximum atomic E-state index is 5.16. The van der Waals surface area contributed by atoms with Crippen molar-refractivity contribution in [1.82, 2.24) is 4.98 Å². The zero-order valence-corrected chi connectivity index (χ0v) is 26.2. The molecule has 8 bridgehead atoms. The van der Waals surface area contributed by atoms with Gasteiger partial charge in [0.1, 0.15) is 0 Å². The summed E-state index contributed by atoms with van der Waals surface area (Å²) in [6, 6.07) is 47.6. The van der Waals surface area contributed by atoms with Crippen LogP contribution in [0, 0.1) is 0 Å². The van der Waals surface area contributed by atoms with Gasteiger partial charge in [-0.2, -0.15) is 0 Å². The van der Waals surface area contributed by atoms with E-state index in [0.29, 0.717) is 0 Å². The molecule has 0 spiro atoms. The van der Waals surface area contributed by atoms with Crippen molar-refractivity contribution in [1.29, 1.82) is 0 Å². The van der Waals surface area contributed by atoms with Crippen LogP contribution in [0.2, 0.25) is 0 Å². The fraction of sp³-hybridized carbons (Fsp3) is 0.0222. The van der Waals surface area contributed by atoms with Gasteiger partial charge in [0.2, 0.25) is 0 Å². The molecule has 48 heavy (non-hydrogen) atoms. The maximum absolute atomic E-state index is 5.16. The normalized spacial score (nSPS) is 17.4. The Bertz CT molecular complexity index is 2270. The molecule has 0 atom stereocenters. The van der Waals surface area contributed by atoms with Crippen LogP contribution in [0.4, 0.5) is 0 Å². The minimum Gasteiger partial charge on any atom is -0.355 e. The molecule has 0 saturated carbocycles. The predicted octanol–water partition coefficient (Wildman–Crippen LogP) is 8.29. The van der Waals surface area contributed by atoms with Crippen LogP contribution >= 0.6 is 0 Å². The van der Waals surface area contributed by atoms with Crippen LogP contribution in [0.3, 0.4) is 0 Å². The molecular weight excluding hydrogens is 583 g/mol. The number of hydrogen-bond donors (Lipinski definition) is 1. The molecule has 0 radical (unpaired) electrons. The summed E-state index contributed by atoms with van der Waals surface area (Å²) in [5.41, 5.74) is 12.3. The fourth-order valence-corrected chi connectivity index (χ4v) is 7.45. The molecule has 4 aromatic carbocycles. The van der Waals surface area contributed by atoms with Crippen LogP contribution in [0.5, 0.6) is 0 Å². The van der Waals surface area contributed by atoms with Gasteiger partial charge in [0.15, 0.2) is 0 Å². The van der Waals surface area contributed by atoms with Gasteiger partial charge in [-0.25, -0.2) is 9.98 Å². The molecule has 9 rings (SSSR count). The van der Waals surface area contributed by atoms with E-state index in [4.69, 9.17) is 9.98 Å². The van der Waals surface area contributed by atoms with Gasteiger partial charge in [-0.15, -0.1) is 0 Å². The van der Waals surface area contributed by atoms with E-state index < -0.39 is 5.41 Å². The van der Waals surface area contributed by atoms with E-state index in [2.05, 4.69) is 187 Å². The lowest BCUT2D eigenvalue weighted by Crippen LogP contribution is -2.30. The predicted molar refractivity (Wildman–Crippen MR) is 199 cm³/mol. The Kier molecular flexibility index (Phi) is 6.69. The Balaban J connectivity index is 1.50. The molecule has 226 valence electrons. The van der Waals surface area contributed by atoms with Crippen LogP contribution in [0.15, 0.2) is 202 Å². The highest BCUT2D eigenvalue weighted by atomic mass is 14.8. The van der Waals surface area contributed by atoms with E-state index in [1.54, 1.807) is 0 Å². The Morgan fingerprint density at radius 3 is 1.21 bits per heavy atom. The van der Waals surface area contributed by atoms with Crippen molar-refractivity contribution < 1.29 is 0 Å². The molecule has 3 heteroatoms. The fourth-order valence-electron chi connectivity index (χ4n) is 7.45. The minimum absolute atomic E-state index is 0.687. The molecule has 0 amide bonds. The van der Waals surface area contributed by atoms with Crippen molar-refractivity contribution in [3.63, 3.8) is 0 Å². The molecule has 3 nitrogen and oxygen atoms in total. The lowest BCUT2D eigenvalue weighted by Gasteiger charge is -2.36. The molecule has 1 aromatic heterocycles. The van der Waals surface area contributed by atoms with Gasteiger partial charge in [0, 0.05) is 10.7 Å². The van der Waals surface area contributed by atoms with Crippen LogP contribution in [-0.2, 0) is 5.41 Å². The quantitative estimate of drug-likeness (QED) is 0.212. The van der Waals surface area contributed by atoms with E-state index in [0.717, 1.165) is 44.6 Å². The van der Waals surface area contributed by atoms with Crippen molar-refractivity contribution in [3.05, 3.63) is 225 Å². The lowest BCUT2D eigenvalue weighted by molar-refractivity contribution is 0.757. The summed E-state index contributed by atoms with van der Waals surface area (Å²) in [7, 11) is 0. The number of aromatic amines is 1. The third-order valence-electron chi connectivity index (χ3n) is 9.42. The summed E-state index contributed by atoms with van der Waals surface area (Å²) in [6.07, 6.45) is 17.3. The zero-order valence-electron chi connectivity index (χ0n) is 26.2. The number of aliphatic imine (C=N–C) groups is 2. The average molecular weight is 614 g/mol. The van der Waals surface area contributed by atoms with Gasteiger partial charge in [0.05, 0.1) is 28.2 Å². The van der Waals surface area contributed by atoms with Gasteiger partial charge in [-0.3, -0.25) is 0 Å². The molecule has 3 aliphatic heterocycles. The van der Waals surface area contributed by atoms with Gasteiger partial charge < -0.3 is 4.98 Å². The SMILES string of the molecule is C1=CC2=NC1=CC1=C(c3ccccc3)C(c3ccccc3)=C(C=C3C=CC(=N3)C=c3ccc([nH]3)=C2)C1(c1ccccc1)c1ccccc1. The van der Waals surface area contributed by atoms with Crippen molar-refractivity contribution in [3.8, 4) is 0 Å². The third kappa shape index (κ3) is 4.68. The number of benzene rings is 4. The number of fused-ring (bicyclic) bond motifs is 6. The standard InChI is InChI=1S/C45H31N3/c1-5-13-31(14-6-1)43-41-29-39-25-23-37(47-39)27-35-21-22-36(46-35)28-38-24-26-40(48-38)30-42(44(43)32-15-7-2-8-16-32)45(41,33-17-9-3-10-18-33)34-19-11-4-12-20-34/h1-30,46H. The smallest absolute Gasteiger partial charge is 0.0715 e. The van der Waals surface area contributed by atoms with Crippen LogP contribution in [-0.4, -0.2) is 16.4 Å². The molecule has 1 N–H and O–H groups in total. The van der Waals surface area contributed by atoms with Crippen molar-refractivity contribution >= 4 is 34.7 Å². The topological polar surface area (TPSA) is 40.5 Å². The second kappa shape index (κ2) is 11.5. The number of hydrogen-bond acceptors (Lipinski definition) is 2. The molecule has 4 aliphatic rings. The average Bonchev–Trinajstić information content (AvgIpc) is 3.94. The Morgan fingerprint density at radius 1 is 0.396 bits per heavy atom. The molecule has 0 unspecified atom stereocenters. The van der Waals surface area contributed by atoms with Crippen LogP contribution in [0.25, 0.3) is 23.3 Å². The molecule has 1 aliphatic carbocycles. The number of nitrogens with one attached hydrogen (secondary N) is 1. The van der Waals surface area contributed by atoms with Gasteiger partial charge in [-0.1, -0.05) is 121 Å². The van der Waals surface area contributed by atoms with Crippen molar-refractivity contribution in [2.24, 2.45) is 9.98 Å². The largest absolute Gasteiger partial charge is 0.355 e. The summed E-state index contributed by atoms with van der Waals surface area (Å²) >= 11 is 0. The maximum Gasteiger partial charge on any atom is 0.0715 e. The molecule has 0 saturated heterocycles. The van der Waals surface area contributed by atoms with E-state index in [9.17, 15) is 0 Å².